The van der Waals surface area contributed by atoms with Gasteiger partial charge in [0.25, 0.3) is 0 Å². The molecule has 1 N–H and O–H groups in total. The van der Waals surface area contributed by atoms with Crippen molar-refractivity contribution in [1.29, 1.82) is 0 Å². The molecule has 7 heteroatoms. The molecule has 0 radical (unpaired) electrons. The quantitative estimate of drug-likeness (QED) is 0.549. The maximum absolute atomic E-state index is 12.1. The van der Waals surface area contributed by atoms with Crippen LogP contribution in [-0.4, -0.2) is 39.7 Å². The van der Waals surface area contributed by atoms with E-state index >= 15 is 0 Å². The van der Waals surface area contributed by atoms with Crippen LogP contribution < -0.4 is 0 Å². The fourth-order valence-electron chi connectivity index (χ4n) is 3.21. The minimum atomic E-state index is -0.383. The van der Waals surface area contributed by atoms with E-state index in [9.17, 15) is 9.59 Å². The van der Waals surface area contributed by atoms with Crippen molar-refractivity contribution < 1.29 is 19.1 Å². The van der Waals surface area contributed by atoms with Gasteiger partial charge in [0, 0.05) is 6.42 Å². The lowest BCUT2D eigenvalue weighted by Crippen LogP contribution is -2.09. The number of benzene rings is 1. The summed E-state index contributed by atoms with van der Waals surface area (Å²) < 4.78 is 12.2. The Balaban J connectivity index is 1.90. The Bertz CT molecular complexity index is 986. The van der Waals surface area contributed by atoms with E-state index in [1.54, 1.807) is 32.0 Å². The number of hydrogen-bond donors (Lipinski definition) is 1. The second kappa shape index (κ2) is 9.41. The van der Waals surface area contributed by atoms with Crippen LogP contribution in [0.15, 0.2) is 30.3 Å². The number of carbonyl (C=O) groups is 2. The Morgan fingerprint density at radius 2 is 1.72 bits per heavy atom. The molecule has 1 aromatic carbocycles. The predicted molar refractivity (Wildman–Crippen MR) is 110 cm³/mol. The summed E-state index contributed by atoms with van der Waals surface area (Å²) in [4.78, 5) is 31.8. The molecule has 0 saturated heterocycles. The molecule has 0 aliphatic carbocycles. The number of hydrogen-bond acceptors (Lipinski definition) is 5. The molecule has 0 amide bonds. The Kier molecular flexibility index (Phi) is 6.69. The van der Waals surface area contributed by atoms with Gasteiger partial charge in [0.05, 0.1) is 25.3 Å². The minimum absolute atomic E-state index is 0.323. The lowest BCUT2D eigenvalue weighted by atomic mass is 10.1. The highest BCUT2D eigenvalue weighted by Crippen LogP contribution is 2.21. The van der Waals surface area contributed by atoms with Crippen LogP contribution in [0.5, 0.6) is 0 Å². The zero-order chi connectivity index (χ0) is 20.8. The summed E-state index contributed by atoms with van der Waals surface area (Å²) in [5.74, 6) is 0.264. The molecule has 2 heterocycles. The summed E-state index contributed by atoms with van der Waals surface area (Å²) in [6.07, 6.45) is 2.96. The molecular formula is C22H27N3O4. The lowest BCUT2D eigenvalue weighted by Gasteiger charge is -2.10. The molecule has 3 aromatic rings. The van der Waals surface area contributed by atoms with E-state index in [2.05, 4.69) is 16.5 Å². The fraction of sp³-hybridized carbons (Fsp3) is 0.409. The van der Waals surface area contributed by atoms with Crippen molar-refractivity contribution >= 4 is 23.1 Å². The molecule has 0 aliphatic rings. The predicted octanol–water partition coefficient (Wildman–Crippen LogP) is 4.11. The van der Waals surface area contributed by atoms with Crippen molar-refractivity contribution in [3.63, 3.8) is 0 Å². The molecule has 2 aromatic heterocycles. The van der Waals surface area contributed by atoms with Crippen LogP contribution in [0.4, 0.5) is 0 Å². The Labute approximate surface area is 170 Å². The fourth-order valence-corrected chi connectivity index (χ4v) is 3.21. The van der Waals surface area contributed by atoms with Gasteiger partial charge in [-0.3, -0.25) is 0 Å². The first-order valence-corrected chi connectivity index (χ1v) is 10.1. The van der Waals surface area contributed by atoms with Crippen molar-refractivity contribution in [3.05, 3.63) is 53.0 Å². The number of rotatable bonds is 9. The van der Waals surface area contributed by atoms with Gasteiger partial charge in [0.1, 0.15) is 22.7 Å². The third-order valence-electron chi connectivity index (χ3n) is 4.66. The molecular weight excluding hydrogens is 370 g/mol. The van der Waals surface area contributed by atoms with Gasteiger partial charge < -0.3 is 19.0 Å². The highest BCUT2D eigenvalue weighted by molar-refractivity contribution is 5.93. The third kappa shape index (κ3) is 4.67. The number of aryl methyl sites for hydroxylation is 1. The normalized spacial score (nSPS) is 11.0. The van der Waals surface area contributed by atoms with E-state index < -0.39 is 0 Å². The molecule has 0 aliphatic heterocycles. The topological polar surface area (TPSA) is 86.2 Å². The van der Waals surface area contributed by atoms with E-state index in [1.807, 2.05) is 12.1 Å². The highest BCUT2D eigenvalue weighted by Gasteiger charge is 2.18. The molecule has 7 nitrogen and oxygen atoms in total. The summed E-state index contributed by atoms with van der Waals surface area (Å²) in [5, 5.41) is 0. The second-order valence-corrected chi connectivity index (χ2v) is 6.77. The first kappa shape index (κ1) is 20.6. The second-order valence-electron chi connectivity index (χ2n) is 6.77. The van der Waals surface area contributed by atoms with Crippen LogP contribution in [0.25, 0.3) is 11.2 Å². The average molecular weight is 397 g/mol. The molecule has 0 spiro atoms. The Hall–Kier alpha value is -3.09. The van der Waals surface area contributed by atoms with Crippen LogP contribution in [0.3, 0.4) is 0 Å². The van der Waals surface area contributed by atoms with Gasteiger partial charge >= 0.3 is 11.9 Å². The summed E-state index contributed by atoms with van der Waals surface area (Å²) in [7, 11) is 0. The Morgan fingerprint density at radius 3 is 2.38 bits per heavy atom. The van der Waals surface area contributed by atoms with Crippen molar-refractivity contribution in [1.82, 2.24) is 14.5 Å². The summed E-state index contributed by atoms with van der Waals surface area (Å²) in [6.45, 7) is 6.97. The number of aromatic nitrogens is 3. The SMILES string of the molecule is CCCCc1nc2cc(C(=O)OCC)[nH]c2n1Cc1ccc(C(=O)OCC)cc1. The zero-order valence-corrected chi connectivity index (χ0v) is 17.2. The van der Waals surface area contributed by atoms with Gasteiger partial charge in [-0.15, -0.1) is 0 Å². The number of esters is 2. The number of imidazole rings is 1. The molecule has 29 heavy (non-hydrogen) atoms. The molecule has 0 fully saturated rings. The lowest BCUT2D eigenvalue weighted by molar-refractivity contribution is 0.0513. The van der Waals surface area contributed by atoms with E-state index in [4.69, 9.17) is 14.5 Å². The van der Waals surface area contributed by atoms with Crippen LogP contribution in [0, 0.1) is 0 Å². The number of H-pyrrole nitrogens is 1. The van der Waals surface area contributed by atoms with Gasteiger partial charge in [0.2, 0.25) is 0 Å². The summed E-state index contributed by atoms with van der Waals surface area (Å²) >= 11 is 0. The number of aromatic amines is 1. The van der Waals surface area contributed by atoms with Crippen molar-refractivity contribution in [2.75, 3.05) is 13.2 Å². The Morgan fingerprint density at radius 1 is 1.03 bits per heavy atom. The number of nitrogens with zero attached hydrogens (tertiary/aromatic N) is 2. The van der Waals surface area contributed by atoms with Crippen LogP contribution >= 0.6 is 0 Å². The third-order valence-corrected chi connectivity index (χ3v) is 4.66. The van der Waals surface area contributed by atoms with Crippen molar-refractivity contribution in [2.45, 2.75) is 46.6 Å². The number of unbranched alkanes of at least 4 members (excludes halogenated alkanes) is 1. The number of fused-ring (bicyclic) bond motifs is 1. The van der Waals surface area contributed by atoms with Crippen molar-refractivity contribution in [2.24, 2.45) is 0 Å². The van der Waals surface area contributed by atoms with E-state index in [-0.39, 0.29) is 11.9 Å². The van der Waals surface area contributed by atoms with Gasteiger partial charge in [-0.1, -0.05) is 25.5 Å². The van der Waals surface area contributed by atoms with E-state index in [0.29, 0.717) is 31.0 Å². The van der Waals surface area contributed by atoms with Crippen LogP contribution in [-0.2, 0) is 22.4 Å². The average Bonchev–Trinajstić information content (AvgIpc) is 3.26. The monoisotopic (exact) mass is 397 g/mol. The van der Waals surface area contributed by atoms with E-state index in [0.717, 1.165) is 41.8 Å². The van der Waals surface area contributed by atoms with Gasteiger partial charge in [0.15, 0.2) is 0 Å². The molecule has 0 bridgehead atoms. The number of carbonyl (C=O) groups excluding carboxylic acids is 2. The van der Waals surface area contributed by atoms with Crippen molar-refractivity contribution in [3.8, 4) is 0 Å². The first-order valence-electron chi connectivity index (χ1n) is 10.1. The molecule has 3 rings (SSSR count). The standard InChI is InChI=1S/C22H27N3O4/c1-4-7-8-19-23-17-13-18(22(27)29-6-3)24-20(17)25(19)14-15-9-11-16(12-10-15)21(26)28-5-2/h9-13,24H,4-8,14H2,1-3H3. The zero-order valence-electron chi connectivity index (χ0n) is 17.2. The van der Waals surface area contributed by atoms with Gasteiger partial charge in [-0.2, -0.15) is 0 Å². The van der Waals surface area contributed by atoms with Crippen LogP contribution in [0.1, 0.15) is 65.8 Å². The minimum Gasteiger partial charge on any atom is -0.462 e. The van der Waals surface area contributed by atoms with Crippen LogP contribution in [0.2, 0.25) is 0 Å². The maximum Gasteiger partial charge on any atom is 0.354 e. The molecule has 0 unspecified atom stereocenters. The van der Waals surface area contributed by atoms with Gasteiger partial charge in [-0.05, 0) is 44.0 Å². The smallest absolute Gasteiger partial charge is 0.354 e. The summed E-state index contributed by atoms with van der Waals surface area (Å²) in [6, 6.07) is 9.11. The van der Waals surface area contributed by atoms with E-state index in [1.165, 1.54) is 0 Å². The number of ether oxygens (including phenoxy) is 2. The molecule has 0 saturated carbocycles. The maximum atomic E-state index is 12.1. The van der Waals surface area contributed by atoms with Gasteiger partial charge in [-0.25, -0.2) is 14.6 Å². The highest BCUT2D eigenvalue weighted by atomic mass is 16.5. The largest absolute Gasteiger partial charge is 0.462 e. The number of nitrogens with one attached hydrogen (secondary N) is 1. The first-order chi connectivity index (χ1) is 14.1. The summed E-state index contributed by atoms with van der Waals surface area (Å²) in [5.41, 5.74) is 3.51. The molecule has 0 atom stereocenters. The molecule has 154 valence electrons.